The van der Waals surface area contributed by atoms with Crippen molar-refractivity contribution >= 4 is 11.7 Å². The Kier molecular flexibility index (Phi) is 3.26. The second-order valence-electron chi connectivity index (χ2n) is 3.40. The van der Waals surface area contributed by atoms with Crippen LogP contribution in [0.3, 0.4) is 0 Å². The third-order valence-electron chi connectivity index (χ3n) is 2.38. The highest BCUT2D eigenvalue weighted by molar-refractivity contribution is 6.35. The number of hydrogen-bond donors (Lipinski definition) is 1. The van der Waals surface area contributed by atoms with E-state index in [0.29, 0.717) is 6.54 Å². The van der Waals surface area contributed by atoms with E-state index in [4.69, 9.17) is 0 Å². The molecule has 0 unspecified atom stereocenters. The Balaban J connectivity index is 2.01. The number of carbonyl (C=O) groups excluding carboxylic acids is 2. The van der Waals surface area contributed by atoms with Gasteiger partial charge < -0.3 is 5.32 Å². The molecule has 12 heavy (non-hydrogen) atoms. The number of Topliss-reactive ketones (excluding diaryl/α,β-unsaturated/α-hetero) is 1. The highest BCUT2D eigenvalue weighted by Gasteiger charge is 2.17. The van der Waals surface area contributed by atoms with Gasteiger partial charge in [-0.05, 0) is 12.3 Å². The van der Waals surface area contributed by atoms with Gasteiger partial charge in [0.25, 0.3) is 5.91 Å². The van der Waals surface area contributed by atoms with Crippen LogP contribution in [0.1, 0.15) is 32.6 Å². The van der Waals surface area contributed by atoms with E-state index in [9.17, 15) is 9.59 Å². The first-order valence-corrected chi connectivity index (χ1v) is 4.49. The first-order valence-electron chi connectivity index (χ1n) is 4.49. The molecule has 0 spiro atoms. The second kappa shape index (κ2) is 4.24. The molecule has 0 aromatic rings. The third kappa shape index (κ3) is 2.64. The van der Waals surface area contributed by atoms with E-state index in [1.807, 2.05) is 0 Å². The van der Waals surface area contributed by atoms with E-state index < -0.39 is 11.7 Å². The number of hydrogen-bond acceptors (Lipinski definition) is 2. The quantitative estimate of drug-likeness (QED) is 0.635. The Labute approximate surface area is 72.5 Å². The van der Waals surface area contributed by atoms with E-state index in [0.717, 1.165) is 12.3 Å². The molecular formula is C9H15NO2. The van der Waals surface area contributed by atoms with Gasteiger partial charge in [-0.25, -0.2) is 0 Å². The minimum Gasteiger partial charge on any atom is -0.350 e. The summed E-state index contributed by atoms with van der Waals surface area (Å²) < 4.78 is 0. The maximum atomic E-state index is 10.8. The smallest absolute Gasteiger partial charge is 0.287 e. The summed E-state index contributed by atoms with van der Waals surface area (Å²) in [5, 5.41) is 2.59. The topological polar surface area (TPSA) is 46.2 Å². The summed E-state index contributed by atoms with van der Waals surface area (Å²) in [5.74, 6) is -0.0600. The van der Waals surface area contributed by atoms with Crippen molar-refractivity contribution in [3.63, 3.8) is 0 Å². The van der Waals surface area contributed by atoms with Crippen LogP contribution in [0.5, 0.6) is 0 Å². The van der Waals surface area contributed by atoms with E-state index in [1.54, 1.807) is 0 Å². The summed E-state index contributed by atoms with van der Waals surface area (Å²) in [6.45, 7) is 1.95. The van der Waals surface area contributed by atoms with Crippen LogP contribution in [0.2, 0.25) is 0 Å². The predicted octanol–water partition coefficient (Wildman–Crippen LogP) is 0.882. The first kappa shape index (κ1) is 9.23. The van der Waals surface area contributed by atoms with Crippen molar-refractivity contribution in [2.24, 2.45) is 5.92 Å². The van der Waals surface area contributed by atoms with Crippen LogP contribution in [0.15, 0.2) is 0 Å². The van der Waals surface area contributed by atoms with E-state index in [2.05, 4.69) is 5.32 Å². The average Bonchev–Trinajstić information content (AvgIpc) is 1.93. The van der Waals surface area contributed by atoms with Gasteiger partial charge in [0.15, 0.2) is 0 Å². The number of carbonyl (C=O) groups is 2. The molecule has 0 bridgehead atoms. The number of ketones is 1. The van der Waals surface area contributed by atoms with Crippen molar-refractivity contribution in [1.29, 1.82) is 0 Å². The summed E-state index contributed by atoms with van der Waals surface area (Å²) in [6, 6.07) is 0. The van der Waals surface area contributed by atoms with Gasteiger partial charge in [-0.3, -0.25) is 9.59 Å². The second-order valence-corrected chi connectivity index (χ2v) is 3.40. The number of rotatable bonds is 4. The fourth-order valence-electron chi connectivity index (χ4n) is 1.30. The van der Waals surface area contributed by atoms with Crippen molar-refractivity contribution < 1.29 is 9.59 Å². The van der Waals surface area contributed by atoms with Gasteiger partial charge in [0.2, 0.25) is 5.78 Å². The molecule has 0 atom stereocenters. The lowest BCUT2D eigenvalue weighted by Gasteiger charge is -2.24. The zero-order chi connectivity index (χ0) is 8.97. The summed E-state index contributed by atoms with van der Waals surface area (Å²) in [5.41, 5.74) is 0. The van der Waals surface area contributed by atoms with Gasteiger partial charge in [0.1, 0.15) is 0 Å². The Hall–Kier alpha value is -0.860. The van der Waals surface area contributed by atoms with Crippen LogP contribution in [0, 0.1) is 5.92 Å². The molecule has 3 nitrogen and oxygen atoms in total. The van der Waals surface area contributed by atoms with Gasteiger partial charge in [-0.2, -0.15) is 0 Å². The summed E-state index contributed by atoms with van der Waals surface area (Å²) in [4.78, 5) is 21.3. The lowest BCUT2D eigenvalue weighted by Crippen LogP contribution is -2.31. The van der Waals surface area contributed by atoms with E-state index in [1.165, 1.54) is 26.2 Å². The largest absolute Gasteiger partial charge is 0.350 e. The molecule has 3 heteroatoms. The lowest BCUT2D eigenvalue weighted by molar-refractivity contribution is -0.136. The monoisotopic (exact) mass is 169 g/mol. The molecule has 0 saturated heterocycles. The van der Waals surface area contributed by atoms with Crippen molar-refractivity contribution in [2.45, 2.75) is 32.6 Å². The zero-order valence-electron chi connectivity index (χ0n) is 7.43. The van der Waals surface area contributed by atoms with Crippen LogP contribution in [0.25, 0.3) is 0 Å². The predicted molar refractivity (Wildman–Crippen MR) is 45.6 cm³/mol. The molecule has 1 aliphatic rings. The molecule has 0 aromatic carbocycles. The van der Waals surface area contributed by atoms with E-state index >= 15 is 0 Å². The molecule has 1 amide bonds. The van der Waals surface area contributed by atoms with Gasteiger partial charge in [0.05, 0.1) is 0 Å². The Morgan fingerprint density at radius 2 is 2.08 bits per heavy atom. The normalized spacial score (nSPS) is 16.8. The van der Waals surface area contributed by atoms with Gasteiger partial charge in [-0.1, -0.05) is 19.3 Å². The van der Waals surface area contributed by atoms with Crippen molar-refractivity contribution in [3.05, 3.63) is 0 Å². The lowest BCUT2D eigenvalue weighted by atomic mass is 9.83. The van der Waals surface area contributed by atoms with Gasteiger partial charge in [-0.15, -0.1) is 0 Å². The SMILES string of the molecule is CC(=O)C(=O)NCCC1CCC1. The zero-order valence-corrected chi connectivity index (χ0v) is 7.43. The standard InChI is InChI=1S/C9H15NO2/c1-7(11)9(12)10-6-5-8-3-2-4-8/h8H,2-6H2,1H3,(H,10,12). The molecule has 0 aromatic heterocycles. The van der Waals surface area contributed by atoms with Crippen molar-refractivity contribution in [2.75, 3.05) is 6.54 Å². The van der Waals surface area contributed by atoms with Crippen molar-refractivity contribution in [3.8, 4) is 0 Å². The Morgan fingerprint density at radius 1 is 1.42 bits per heavy atom. The van der Waals surface area contributed by atoms with Crippen LogP contribution in [0.4, 0.5) is 0 Å². The first-order chi connectivity index (χ1) is 5.70. The molecule has 0 radical (unpaired) electrons. The third-order valence-corrected chi connectivity index (χ3v) is 2.38. The summed E-state index contributed by atoms with van der Waals surface area (Å²) >= 11 is 0. The number of amides is 1. The molecule has 1 N–H and O–H groups in total. The minimum absolute atomic E-state index is 0.399. The Bertz CT molecular complexity index is 185. The van der Waals surface area contributed by atoms with Crippen LogP contribution in [-0.4, -0.2) is 18.2 Å². The molecule has 1 aliphatic carbocycles. The summed E-state index contributed by atoms with van der Waals surface area (Å²) in [6.07, 6.45) is 4.93. The molecule has 68 valence electrons. The highest BCUT2D eigenvalue weighted by atomic mass is 16.2. The van der Waals surface area contributed by atoms with Crippen LogP contribution < -0.4 is 5.32 Å². The Morgan fingerprint density at radius 3 is 2.50 bits per heavy atom. The molecule has 1 saturated carbocycles. The fraction of sp³-hybridized carbons (Fsp3) is 0.778. The van der Waals surface area contributed by atoms with Crippen LogP contribution >= 0.6 is 0 Å². The van der Waals surface area contributed by atoms with Crippen molar-refractivity contribution in [1.82, 2.24) is 5.32 Å². The molecular weight excluding hydrogens is 154 g/mol. The van der Waals surface area contributed by atoms with Crippen LogP contribution in [-0.2, 0) is 9.59 Å². The number of nitrogens with one attached hydrogen (secondary N) is 1. The summed E-state index contributed by atoms with van der Waals surface area (Å²) in [7, 11) is 0. The molecule has 0 heterocycles. The van der Waals surface area contributed by atoms with Gasteiger partial charge >= 0.3 is 0 Å². The molecule has 1 rings (SSSR count). The minimum atomic E-state index is -0.450. The highest BCUT2D eigenvalue weighted by Crippen LogP contribution is 2.28. The fourth-order valence-corrected chi connectivity index (χ4v) is 1.30. The van der Waals surface area contributed by atoms with E-state index in [-0.39, 0.29) is 0 Å². The molecule has 0 aliphatic heterocycles. The maximum absolute atomic E-state index is 10.8. The van der Waals surface area contributed by atoms with Gasteiger partial charge in [0, 0.05) is 13.5 Å². The maximum Gasteiger partial charge on any atom is 0.287 e. The average molecular weight is 169 g/mol. The molecule has 1 fully saturated rings.